The monoisotopic (exact) mass is 262 g/mol. The van der Waals surface area contributed by atoms with Crippen LogP contribution < -0.4 is 11.3 Å². The minimum atomic E-state index is -0.0313. The molecule has 0 spiro atoms. The van der Waals surface area contributed by atoms with Crippen LogP contribution in [0.5, 0.6) is 0 Å². The van der Waals surface area contributed by atoms with Gasteiger partial charge in [-0.2, -0.15) is 0 Å². The molecule has 2 atom stereocenters. The standard InChI is InChI=1S/C14H22N4O/c1-10-4-3-5-12(8-10)18(2)14(19)13-9-11(17-15)6-7-16-13/h6-7,9-10,12H,3-5,8,15H2,1-2H3,(H,16,17). The average molecular weight is 262 g/mol. The highest BCUT2D eigenvalue weighted by Crippen LogP contribution is 2.27. The Morgan fingerprint density at radius 3 is 3.00 bits per heavy atom. The predicted molar refractivity (Wildman–Crippen MR) is 75.6 cm³/mol. The lowest BCUT2D eigenvalue weighted by atomic mass is 9.86. The van der Waals surface area contributed by atoms with Crippen LogP contribution in [0.2, 0.25) is 0 Å². The molecule has 0 aliphatic heterocycles. The number of nitrogens with two attached hydrogens (primary N) is 1. The van der Waals surface area contributed by atoms with E-state index in [1.165, 1.54) is 12.8 Å². The molecule has 1 amide bonds. The molecule has 0 aromatic carbocycles. The van der Waals surface area contributed by atoms with Crippen molar-refractivity contribution in [2.75, 3.05) is 12.5 Å². The lowest BCUT2D eigenvalue weighted by Crippen LogP contribution is -2.40. The summed E-state index contributed by atoms with van der Waals surface area (Å²) in [5, 5.41) is 0. The van der Waals surface area contributed by atoms with Crippen molar-refractivity contribution in [3.8, 4) is 0 Å². The molecule has 0 saturated heterocycles. The van der Waals surface area contributed by atoms with E-state index in [1.54, 1.807) is 18.3 Å². The van der Waals surface area contributed by atoms with Gasteiger partial charge in [-0.3, -0.25) is 15.6 Å². The highest BCUT2D eigenvalue weighted by Gasteiger charge is 2.26. The number of anilines is 1. The van der Waals surface area contributed by atoms with Gasteiger partial charge in [0, 0.05) is 19.3 Å². The van der Waals surface area contributed by atoms with Gasteiger partial charge in [0.2, 0.25) is 0 Å². The molecular weight excluding hydrogens is 240 g/mol. The van der Waals surface area contributed by atoms with E-state index in [0.717, 1.165) is 12.8 Å². The second-order valence-electron chi connectivity index (χ2n) is 5.42. The number of nitrogens with one attached hydrogen (secondary N) is 1. The van der Waals surface area contributed by atoms with Gasteiger partial charge in [0.15, 0.2) is 0 Å². The molecule has 0 bridgehead atoms. The first kappa shape index (κ1) is 13.8. The number of aromatic nitrogens is 1. The van der Waals surface area contributed by atoms with Gasteiger partial charge in [0.25, 0.3) is 5.91 Å². The van der Waals surface area contributed by atoms with Crippen LogP contribution in [0, 0.1) is 5.92 Å². The first-order valence-electron chi connectivity index (χ1n) is 6.81. The van der Waals surface area contributed by atoms with Crippen LogP contribution in [0.4, 0.5) is 5.69 Å². The average Bonchev–Trinajstić information content (AvgIpc) is 2.45. The Balaban J connectivity index is 2.09. The molecule has 0 radical (unpaired) electrons. The van der Waals surface area contributed by atoms with Crippen molar-refractivity contribution in [3.05, 3.63) is 24.0 Å². The number of hydrazine groups is 1. The van der Waals surface area contributed by atoms with Crippen molar-refractivity contribution < 1.29 is 4.79 Å². The zero-order chi connectivity index (χ0) is 13.8. The second-order valence-corrected chi connectivity index (χ2v) is 5.42. The maximum atomic E-state index is 12.4. The maximum absolute atomic E-state index is 12.4. The third kappa shape index (κ3) is 3.23. The quantitative estimate of drug-likeness (QED) is 0.646. The van der Waals surface area contributed by atoms with Crippen LogP contribution in [-0.4, -0.2) is 28.9 Å². The number of carbonyl (C=O) groups is 1. The van der Waals surface area contributed by atoms with Crippen molar-refractivity contribution >= 4 is 11.6 Å². The Bertz CT molecular complexity index is 449. The predicted octanol–water partition coefficient (Wildman–Crippen LogP) is 2.02. The van der Waals surface area contributed by atoms with Crippen molar-refractivity contribution in [1.29, 1.82) is 0 Å². The molecule has 5 heteroatoms. The zero-order valence-corrected chi connectivity index (χ0v) is 11.6. The van der Waals surface area contributed by atoms with E-state index >= 15 is 0 Å². The molecule has 5 nitrogen and oxygen atoms in total. The number of pyridine rings is 1. The van der Waals surface area contributed by atoms with Crippen LogP contribution in [0.3, 0.4) is 0 Å². The highest BCUT2D eigenvalue weighted by molar-refractivity contribution is 5.93. The lowest BCUT2D eigenvalue weighted by molar-refractivity contribution is 0.0666. The highest BCUT2D eigenvalue weighted by atomic mass is 16.2. The van der Waals surface area contributed by atoms with Crippen LogP contribution in [-0.2, 0) is 0 Å². The summed E-state index contributed by atoms with van der Waals surface area (Å²) in [4.78, 5) is 18.4. The van der Waals surface area contributed by atoms with Gasteiger partial charge in [0.05, 0.1) is 5.69 Å². The Hall–Kier alpha value is -1.62. The number of carbonyl (C=O) groups excluding carboxylic acids is 1. The van der Waals surface area contributed by atoms with E-state index in [-0.39, 0.29) is 5.91 Å². The fraction of sp³-hybridized carbons (Fsp3) is 0.571. The SMILES string of the molecule is CC1CCCC(N(C)C(=O)c2cc(NN)ccn2)C1. The normalized spacial score (nSPS) is 22.9. The fourth-order valence-electron chi connectivity index (χ4n) is 2.74. The number of hydrogen-bond donors (Lipinski definition) is 2. The van der Waals surface area contributed by atoms with Gasteiger partial charge in [-0.25, -0.2) is 0 Å². The molecule has 1 heterocycles. The van der Waals surface area contributed by atoms with Crippen LogP contribution in [0.15, 0.2) is 18.3 Å². The summed E-state index contributed by atoms with van der Waals surface area (Å²) in [6.07, 6.45) is 6.23. The van der Waals surface area contributed by atoms with Gasteiger partial charge in [-0.15, -0.1) is 0 Å². The second kappa shape index (κ2) is 6.02. The summed E-state index contributed by atoms with van der Waals surface area (Å²) in [6.45, 7) is 2.25. The molecule has 1 aliphatic rings. The largest absolute Gasteiger partial charge is 0.337 e. The summed E-state index contributed by atoms with van der Waals surface area (Å²) in [5.74, 6) is 6.02. The smallest absolute Gasteiger partial charge is 0.272 e. The summed E-state index contributed by atoms with van der Waals surface area (Å²) in [6, 6.07) is 3.75. The minimum Gasteiger partial charge on any atom is -0.337 e. The Morgan fingerprint density at radius 2 is 2.32 bits per heavy atom. The molecule has 1 aromatic rings. The van der Waals surface area contributed by atoms with E-state index in [2.05, 4.69) is 17.3 Å². The van der Waals surface area contributed by atoms with E-state index in [0.29, 0.717) is 23.3 Å². The third-order valence-corrected chi connectivity index (χ3v) is 3.92. The van der Waals surface area contributed by atoms with Gasteiger partial charge >= 0.3 is 0 Å². The number of amides is 1. The van der Waals surface area contributed by atoms with Crippen LogP contribution >= 0.6 is 0 Å². The van der Waals surface area contributed by atoms with Crippen LogP contribution in [0.1, 0.15) is 43.1 Å². The van der Waals surface area contributed by atoms with Gasteiger partial charge in [-0.1, -0.05) is 19.8 Å². The Morgan fingerprint density at radius 1 is 1.53 bits per heavy atom. The molecule has 1 aromatic heterocycles. The van der Waals surface area contributed by atoms with E-state index in [4.69, 9.17) is 5.84 Å². The molecule has 2 rings (SSSR count). The lowest BCUT2D eigenvalue weighted by Gasteiger charge is -2.34. The summed E-state index contributed by atoms with van der Waals surface area (Å²) in [5.41, 5.74) is 3.68. The Labute approximate surface area is 114 Å². The fourth-order valence-corrected chi connectivity index (χ4v) is 2.74. The first-order valence-corrected chi connectivity index (χ1v) is 6.81. The molecule has 19 heavy (non-hydrogen) atoms. The molecule has 104 valence electrons. The molecule has 1 saturated carbocycles. The molecule has 3 N–H and O–H groups in total. The number of nitrogen functional groups attached to an aromatic ring is 1. The van der Waals surface area contributed by atoms with E-state index in [9.17, 15) is 4.79 Å². The van der Waals surface area contributed by atoms with E-state index < -0.39 is 0 Å². The minimum absolute atomic E-state index is 0.0313. The first-order chi connectivity index (χ1) is 9.11. The van der Waals surface area contributed by atoms with Crippen molar-refractivity contribution in [3.63, 3.8) is 0 Å². The van der Waals surface area contributed by atoms with Gasteiger partial charge < -0.3 is 10.3 Å². The van der Waals surface area contributed by atoms with Gasteiger partial charge in [0.1, 0.15) is 5.69 Å². The maximum Gasteiger partial charge on any atom is 0.272 e. The molecule has 2 unspecified atom stereocenters. The van der Waals surface area contributed by atoms with Crippen molar-refractivity contribution in [2.24, 2.45) is 11.8 Å². The third-order valence-electron chi connectivity index (χ3n) is 3.92. The Kier molecular flexibility index (Phi) is 4.37. The summed E-state index contributed by atoms with van der Waals surface area (Å²) >= 11 is 0. The molecular formula is C14H22N4O. The topological polar surface area (TPSA) is 71.2 Å². The molecule has 1 aliphatic carbocycles. The van der Waals surface area contributed by atoms with Crippen molar-refractivity contribution in [2.45, 2.75) is 38.6 Å². The zero-order valence-electron chi connectivity index (χ0n) is 11.6. The van der Waals surface area contributed by atoms with Crippen LogP contribution in [0.25, 0.3) is 0 Å². The molecule has 1 fully saturated rings. The van der Waals surface area contributed by atoms with Crippen molar-refractivity contribution in [1.82, 2.24) is 9.88 Å². The van der Waals surface area contributed by atoms with Gasteiger partial charge in [-0.05, 0) is 30.9 Å². The number of hydrogen-bond acceptors (Lipinski definition) is 4. The number of nitrogens with zero attached hydrogens (tertiary/aromatic N) is 2. The number of rotatable bonds is 3. The summed E-state index contributed by atoms with van der Waals surface area (Å²) in [7, 11) is 1.87. The summed E-state index contributed by atoms with van der Waals surface area (Å²) < 4.78 is 0. The van der Waals surface area contributed by atoms with E-state index in [1.807, 2.05) is 11.9 Å².